The van der Waals surface area contributed by atoms with Gasteiger partial charge in [-0.15, -0.1) is 11.3 Å². The Kier molecular flexibility index (Phi) is 5.54. The molecule has 0 saturated carbocycles. The molecular formula is C21H24N4O2S. The molecule has 146 valence electrons. The summed E-state index contributed by atoms with van der Waals surface area (Å²) in [5.74, 6) is -0.0391. The van der Waals surface area contributed by atoms with Crippen molar-refractivity contribution in [2.75, 3.05) is 6.54 Å². The van der Waals surface area contributed by atoms with Crippen LogP contribution in [0.1, 0.15) is 58.3 Å². The maximum Gasteiger partial charge on any atom is 0.273 e. The van der Waals surface area contributed by atoms with Gasteiger partial charge in [0.1, 0.15) is 5.69 Å². The number of carbonyl (C=O) groups excluding carboxylic acids is 1. The summed E-state index contributed by atoms with van der Waals surface area (Å²) in [5.41, 5.74) is 3.35. The Hall–Kier alpha value is -2.51. The molecule has 1 amide bonds. The average molecular weight is 397 g/mol. The lowest BCUT2D eigenvalue weighted by molar-refractivity contribution is 0.0740. The Morgan fingerprint density at radius 1 is 1.29 bits per heavy atom. The molecule has 0 aliphatic carbocycles. The van der Waals surface area contributed by atoms with Gasteiger partial charge in [0.25, 0.3) is 5.91 Å². The zero-order valence-corrected chi connectivity index (χ0v) is 16.7. The summed E-state index contributed by atoms with van der Waals surface area (Å²) in [5, 5.41) is 17.4. The molecule has 6 nitrogen and oxygen atoms in total. The Morgan fingerprint density at radius 2 is 2.11 bits per heavy atom. The summed E-state index contributed by atoms with van der Waals surface area (Å²) < 4.78 is 1.92. The second-order valence-electron chi connectivity index (χ2n) is 7.08. The molecule has 4 rings (SSSR count). The highest BCUT2D eigenvalue weighted by atomic mass is 32.1. The van der Waals surface area contributed by atoms with E-state index in [2.05, 4.69) is 22.2 Å². The molecule has 1 aromatic carbocycles. The van der Waals surface area contributed by atoms with Gasteiger partial charge in [-0.3, -0.25) is 9.48 Å². The van der Waals surface area contributed by atoms with Gasteiger partial charge >= 0.3 is 0 Å². The van der Waals surface area contributed by atoms with Gasteiger partial charge in [0.05, 0.1) is 29.0 Å². The van der Waals surface area contributed by atoms with Crippen molar-refractivity contribution in [1.29, 1.82) is 0 Å². The van der Waals surface area contributed by atoms with Crippen LogP contribution in [0.4, 0.5) is 0 Å². The van der Waals surface area contributed by atoms with Crippen molar-refractivity contribution >= 4 is 17.2 Å². The lowest BCUT2D eigenvalue weighted by Crippen LogP contribution is -2.31. The SMILES string of the molecule is CCC(O)c1cc2n(n1)CCCN(C(=O)c1csc(Cc3ccccc3)n1)C2. The first kappa shape index (κ1) is 18.8. The summed E-state index contributed by atoms with van der Waals surface area (Å²) in [6.45, 7) is 3.86. The summed E-state index contributed by atoms with van der Waals surface area (Å²) in [4.78, 5) is 19.4. The lowest BCUT2D eigenvalue weighted by Gasteiger charge is -2.18. The number of aryl methyl sites for hydroxylation is 1. The predicted molar refractivity (Wildman–Crippen MR) is 108 cm³/mol. The van der Waals surface area contributed by atoms with Gasteiger partial charge in [-0.1, -0.05) is 37.3 Å². The maximum absolute atomic E-state index is 13.0. The second kappa shape index (κ2) is 8.24. The third-order valence-electron chi connectivity index (χ3n) is 5.02. The van der Waals surface area contributed by atoms with Crippen LogP contribution in [-0.4, -0.2) is 37.2 Å². The van der Waals surface area contributed by atoms with Crippen LogP contribution in [0.5, 0.6) is 0 Å². The van der Waals surface area contributed by atoms with Gasteiger partial charge in [0, 0.05) is 24.9 Å². The average Bonchev–Trinajstić information content (AvgIpc) is 3.29. The summed E-state index contributed by atoms with van der Waals surface area (Å²) in [7, 11) is 0. The molecule has 0 bridgehead atoms. The number of amides is 1. The third kappa shape index (κ3) is 4.00. The molecule has 1 unspecified atom stereocenters. The first-order chi connectivity index (χ1) is 13.6. The minimum Gasteiger partial charge on any atom is -0.387 e. The fraction of sp³-hybridized carbons (Fsp3) is 0.381. The number of hydrogen-bond donors (Lipinski definition) is 1. The van der Waals surface area contributed by atoms with Crippen molar-refractivity contribution in [2.24, 2.45) is 0 Å². The van der Waals surface area contributed by atoms with Crippen LogP contribution in [0.2, 0.25) is 0 Å². The van der Waals surface area contributed by atoms with Crippen LogP contribution in [0.3, 0.4) is 0 Å². The molecule has 7 heteroatoms. The number of nitrogens with zero attached hydrogens (tertiary/aromatic N) is 4. The Morgan fingerprint density at radius 3 is 2.89 bits per heavy atom. The molecule has 0 fully saturated rings. The van der Waals surface area contributed by atoms with Gasteiger partial charge in [0.2, 0.25) is 0 Å². The monoisotopic (exact) mass is 396 g/mol. The number of aromatic nitrogens is 3. The quantitative estimate of drug-likeness (QED) is 0.717. The molecule has 0 spiro atoms. The smallest absolute Gasteiger partial charge is 0.273 e. The number of fused-ring (bicyclic) bond motifs is 1. The number of benzene rings is 1. The van der Waals surface area contributed by atoms with Crippen LogP contribution < -0.4 is 0 Å². The molecule has 1 atom stereocenters. The predicted octanol–water partition coefficient (Wildman–Crippen LogP) is 3.42. The number of carbonyl (C=O) groups is 1. The van der Waals surface area contributed by atoms with Crippen molar-refractivity contribution in [3.05, 3.63) is 69.4 Å². The minimum atomic E-state index is -0.553. The van der Waals surface area contributed by atoms with Crippen molar-refractivity contribution in [1.82, 2.24) is 19.7 Å². The third-order valence-corrected chi connectivity index (χ3v) is 5.87. The van der Waals surface area contributed by atoms with E-state index in [-0.39, 0.29) is 5.91 Å². The normalized spacial score (nSPS) is 15.1. The fourth-order valence-electron chi connectivity index (χ4n) is 3.45. The van der Waals surface area contributed by atoms with Gasteiger partial charge in [0.15, 0.2) is 0 Å². The van der Waals surface area contributed by atoms with E-state index < -0.39 is 6.10 Å². The van der Waals surface area contributed by atoms with Crippen molar-refractivity contribution in [3.63, 3.8) is 0 Å². The summed E-state index contributed by atoms with van der Waals surface area (Å²) in [6.07, 6.45) is 1.65. The van der Waals surface area contributed by atoms with E-state index in [1.165, 1.54) is 16.9 Å². The number of thiazole rings is 1. The zero-order chi connectivity index (χ0) is 19.5. The van der Waals surface area contributed by atoms with Crippen molar-refractivity contribution < 1.29 is 9.90 Å². The maximum atomic E-state index is 13.0. The minimum absolute atomic E-state index is 0.0391. The standard InChI is InChI=1S/C21H24N4O2S/c1-2-19(26)17-12-16-13-24(9-6-10-25(16)23-17)21(27)18-14-28-20(22-18)11-15-7-4-3-5-8-15/h3-5,7-8,12,14,19,26H,2,6,9-11,13H2,1H3. The van der Waals surface area contributed by atoms with E-state index in [9.17, 15) is 9.90 Å². The van der Waals surface area contributed by atoms with Crippen LogP contribution >= 0.6 is 11.3 Å². The van der Waals surface area contributed by atoms with E-state index in [4.69, 9.17) is 0 Å². The largest absolute Gasteiger partial charge is 0.387 e. The molecule has 28 heavy (non-hydrogen) atoms. The van der Waals surface area contributed by atoms with Crippen molar-refractivity contribution in [2.45, 2.75) is 45.4 Å². The van der Waals surface area contributed by atoms with Gasteiger partial charge < -0.3 is 10.0 Å². The number of aliphatic hydroxyl groups excluding tert-OH is 1. The fourth-order valence-corrected chi connectivity index (χ4v) is 4.25. The van der Waals surface area contributed by atoms with Gasteiger partial charge in [-0.25, -0.2) is 4.98 Å². The van der Waals surface area contributed by atoms with E-state index >= 15 is 0 Å². The first-order valence-corrected chi connectivity index (χ1v) is 10.5. The summed E-state index contributed by atoms with van der Waals surface area (Å²) >= 11 is 1.53. The molecule has 3 aromatic rings. The van der Waals surface area contributed by atoms with Crippen LogP contribution in [0.25, 0.3) is 0 Å². The molecule has 1 aliphatic heterocycles. The van der Waals surface area contributed by atoms with Gasteiger partial charge in [-0.05, 0) is 24.5 Å². The Bertz CT molecular complexity index is 950. The first-order valence-electron chi connectivity index (χ1n) is 9.66. The molecule has 0 saturated heterocycles. The summed E-state index contributed by atoms with van der Waals surface area (Å²) in [6, 6.07) is 12.1. The number of aliphatic hydroxyl groups is 1. The topological polar surface area (TPSA) is 71.2 Å². The molecule has 1 aliphatic rings. The van der Waals surface area contributed by atoms with E-state index in [1.807, 2.05) is 46.2 Å². The van der Waals surface area contributed by atoms with Gasteiger partial charge in [-0.2, -0.15) is 5.10 Å². The van der Waals surface area contributed by atoms with E-state index in [0.29, 0.717) is 30.9 Å². The molecule has 3 heterocycles. The number of rotatable bonds is 5. The highest BCUT2D eigenvalue weighted by Gasteiger charge is 2.24. The lowest BCUT2D eigenvalue weighted by atomic mass is 10.2. The highest BCUT2D eigenvalue weighted by molar-refractivity contribution is 7.09. The molecule has 2 aromatic heterocycles. The van der Waals surface area contributed by atoms with E-state index in [0.717, 1.165) is 30.1 Å². The Labute approximate surface area is 168 Å². The van der Waals surface area contributed by atoms with E-state index in [1.54, 1.807) is 0 Å². The highest BCUT2D eigenvalue weighted by Crippen LogP contribution is 2.22. The van der Waals surface area contributed by atoms with Crippen molar-refractivity contribution in [3.8, 4) is 0 Å². The van der Waals surface area contributed by atoms with Crippen LogP contribution in [-0.2, 0) is 19.5 Å². The number of hydrogen-bond acceptors (Lipinski definition) is 5. The molecule has 0 radical (unpaired) electrons. The second-order valence-corrected chi connectivity index (χ2v) is 8.02. The van der Waals surface area contributed by atoms with Crippen LogP contribution in [0, 0.1) is 0 Å². The van der Waals surface area contributed by atoms with Crippen LogP contribution in [0.15, 0.2) is 41.8 Å². The Balaban J connectivity index is 1.48. The zero-order valence-electron chi connectivity index (χ0n) is 15.9. The molecule has 1 N–H and O–H groups in total. The molecular weight excluding hydrogens is 372 g/mol.